The van der Waals surface area contributed by atoms with Crippen LogP contribution in [-0.4, -0.2) is 44.8 Å². The molecular weight excluding hydrogens is 408 g/mol. The molecule has 2 aromatic carbocycles. The van der Waals surface area contributed by atoms with Crippen LogP contribution in [0.4, 0.5) is 5.13 Å². The van der Waals surface area contributed by atoms with Gasteiger partial charge in [-0.25, -0.2) is 9.78 Å². The van der Waals surface area contributed by atoms with Gasteiger partial charge >= 0.3 is 5.97 Å². The van der Waals surface area contributed by atoms with E-state index >= 15 is 0 Å². The third kappa shape index (κ3) is 4.30. The number of nitrogens with one attached hydrogen (secondary N) is 1. The van der Waals surface area contributed by atoms with E-state index < -0.39 is 18.5 Å². The van der Waals surface area contributed by atoms with Crippen molar-refractivity contribution in [3.8, 4) is 17.2 Å². The van der Waals surface area contributed by atoms with Crippen LogP contribution in [0.25, 0.3) is 10.2 Å². The zero-order valence-corrected chi connectivity index (χ0v) is 18.1. The number of anilines is 1. The van der Waals surface area contributed by atoms with Crippen LogP contribution in [0, 0.1) is 13.8 Å². The molecule has 3 aromatic rings. The molecule has 8 nitrogen and oxygen atoms in total. The van der Waals surface area contributed by atoms with Gasteiger partial charge in [0.25, 0.3) is 5.91 Å². The number of aryl methyl sites for hydroxylation is 2. The lowest BCUT2D eigenvalue weighted by Gasteiger charge is -2.15. The maximum atomic E-state index is 12.5. The lowest BCUT2D eigenvalue weighted by molar-refractivity contribution is -0.119. The number of nitrogens with zero attached hydrogens (tertiary/aromatic N) is 1. The second kappa shape index (κ2) is 9.00. The van der Waals surface area contributed by atoms with Crippen LogP contribution in [0.5, 0.6) is 17.2 Å². The predicted octanol–water partition coefficient (Wildman–Crippen LogP) is 3.73. The molecule has 0 aliphatic carbocycles. The highest BCUT2D eigenvalue weighted by atomic mass is 32.1. The third-order valence-corrected chi connectivity index (χ3v) is 5.25. The monoisotopic (exact) mass is 430 g/mol. The van der Waals surface area contributed by atoms with Gasteiger partial charge in [0, 0.05) is 0 Å². The summed E-state index contributed by atoms with van der Waals surface area (Å²) < 4.78 is 21.8. The first kappa shape index (κ1) is 21.4. The number of carbonyl (C=O) groups is 2. The minimum atomic E-state index is -0.723. The Morgan fingerprint density at radius 1 is 1.03 bits per heavy atom. The molecule has 30 heavy (non-hydrogen) atoms. The van der Waals surface area contributed by atoms with Crippen LogP contribution in [-0.2, 0) is 9.53 Å². The van der Waals surface area contributed by atoms with Crippen molar-refractivity contribution in [2.75, 3.05) is 33.3 Å². The fourth-order valence-corrected chi connectivity index (χ4v) is 4.11. The molecule has 9 heteroatoms. The number of esters is 1. The number of ether oxygens (including phenoxy) is 4. The number of hydrogen-bond acceptors (Lipinski definition) is 8. The molecule has 0 atom stereocenters. The topological polar surface area (TPSA) is 96.0 Å². The fraction of sp³-hybridized carbons (Fsp3) is 0.286. The Balaban J connectivity index is 1.69. The van der Waals surface area contributed by atoms with E-state index in [0.717, 1.165) is 21.3 Å². The van der Waals surface area contributed by atoms with Crippen LogP contribution < -0.4 is 19.5 Å². The number of hydrogen-bond donors (Lipinski definition) is 1. The van der Waals surface area contributed by atoms with Gasteiger partial charge in [-0.3, -0.25) is 10.1 Å². The van der Waals surface area contributed by atoms with Crippen molar-refractivity contribution in [1.29, 1.82) is 0 Å². The largest absolute Gasteiger partial charge is 0.493 e. The quantitative estimate of drug-likeness (QED) is 0.571. The zero-order chi connectivity index (χ0) is 21.8. The lowest BCUT2D eigenvalue weighted by Crippen LogP contribution is -2.21. The van der Waals surface area contributed by atoms with E-state index in [4.69, 9.17) is 18.9 Å². The molecular formula is C21H22N2O6S. The SMILES string of the molecule is COc1ccc(C(=O)OCC(=O)Nc2nc3c(C)cc(C)cc3s2)c(OC)c1OC. The van der Waals surface area contributed by atoms with Gasteiger partial charge in [-0.2, -0.15) is 0 Å². The normalized spacial score (nSPS) is 10.6. The molecule has 0 saturated heterocycles. The molecule has 1 N–H and O–H groups in total. The van der Waals surface area contributed by atoms with E-state index in [0.29, 0.717) is 10.9 Å². The van der Waals surface area contributed by atoms with Crippen molar-refractivity contribution in [1.82, 2.24) is 4.98 Å². The molecule has 1 heterocycles. The standard InChI is InChI=1S/C21H22N2O6S/c1-11-8-12(2)17-15(9-11)30-21(23-17)22-16(24)10-29-20(25)13-6-7-14(26-3)19(28-5)18(13)27-4/h6-9H,10H2,1-5H3,(H,22,23,24). The number of methoxy groups -OCH3 is 3. The Morgan fingerprint density at radius 3 is 2.43 bits per heavy atom. The molecule has 0 saturated carbocycles. The Labute approximate surface area is 177 Å². The first-order valence-electron chi connectivity index (χ1n) is 9.01. The van der Waals surface area contributed by atoms with Crippen molar-refractivity contribution in [2.45, 2.75) is 13.8 Å². The van der Waals surface area contributed by atoms with Gasteiger partial charge < -0.3 is 18.9 Å². The van der Waals surface area contributed by atoms with Crippen LogP contribution in [0.2, 0.25) is 0 Å². The highest BCUT2D eigenvalue weighted by molar-refractivity contribution is 7.22. The van der Waals surface area contributed by atoms with E-state index in [-0.39, 0.29) is 17.1 Å². The second-order valence-corrected chi connectivity index (χ2v) is 7.48. The fourth-order valence-electron chi connectivity index (χ4n) is 3.05. The molecule has 3 rings (SSSR count). The maximum Gasteiger partial charge on any atom is 0.342 e. The third-order valence-electron chi connectivity index (χ3n) is 4.33. The summed E-state index contributed by atoms with van der Waals surface area (Å²) in [7, 11) is 4.31. The number of benzene rings is 2. The summed E-state index contributed by atoms with van der Waals surface area (Å²) in [5.74, 6) is -0.377. The molecule has 1 amide bonds. The molecule has 0 unspecified atom stereocenters. The molecule has 0 spiro atoms. The minimum Gasteiger partial charge on any atom is -0.493 e. The Hall–Kier alpha value is -3.33. The van der Waals surface area contributed by atoms with Gasteiger partial charge in [0.2, 0.25) is 5.75 Å². The number of thiazole rings is 1. The first-order chi connectivity index (χ1) is 14.4. The summed E-state index contributed by atoms with van der Waals surface area (Å²) in [6.07, 6.45) is 0. The summed E-state index contributed by atoms with van der Waals surface area (Å²) >= 11 is 1.37. The predicted molar refractivity (Wildman–Crippen MR) is 114 cm³/mol. The van der Waals surface area contributed by atoms with Gasteiger partial charge in [0.15, 0.2) is 23.2 Å². The number of aromatic nitrogens is 1. The van der Waals surface area contributed by atoms with E-state index in [1.54, 1.807) is 6.07 Å². The highest BCUT2D eigenvalue weighted by Crippen LogP contribution is 2.40. The molecule has 0 fully saturated rings. The van der Waals surface area contributed by atoms with Gasteiger partial charge in [0.1, 0.15) is 5.56 Å². The number of carbonyl (C=O) groups excluding carboxylic acids is 2. The molecule has 0 radical (unpaired) electrons. The van der Waals surface area contributed by atoms with Crippen LogP contribution >= 0.6 is 11.3 Å². The highest BCUT2D eigenvalue weighted by Gasteiger charge is 2.22. The molecule has 1 aromatic heterocycles. The zero-order valence-electron chi connectivity index (χ0n) is 17.3. The van der Waals surface area contributed by atoms with Crippen molar-refractivity contribution in [2.24, 2.45) is 0 Å². The smallest absolute Gasteiger partial charge is 0.342 e. The number of amides is 1. The van der Waals surface area contributed by atoms with Crippen LogP contribution in [0.1, 0.15) is 21.5 Å². The molecule has 0 aliphatic heterocycles. The average molecular weight is 430 g/mol. The summed E-state index contributed by atoms with van der Waals surface area (Å²) in [6.45, 7) is 3.51. The summed E-state index contributed by atoms with van der Waals surface area (Å²) in [6, 6.07) is 7.09. The van der Waals surface area contributed by atoms with Gasteiger partial charge in [0.05, 0.1) is 31.5 Å². The summed E-state index contributed by atoms with van der Waals surface area (Å²) in [5.41, 5.74) is 3.12. The van der Waals surface area contributed by atoms with E-state index in [1.807, 2.05) is 26.0 Å². The maximum absolute atomic E-state index is 12.5. The van der Waals surface area contributed by atoms with Crippen molar-refractivity contribution >= 4 is 38.6 Å². The Kier molecular flexibility index (Phi) is 6.41. The number of fused-ring (bicyclic) bond motifs is 1. The molecule has 0 aliphatic rings. The van der Waals surface area contributed by atoms with Crippen LogP contribution in [0.15, 0.2) is 24.3 Å². The number of rotatable bonds is 7. The average Bonchev–Trinajstić information content (AvgIpc) is 3.13. The van der Waals surface area contributed by atoms with Gasteiger partial charge in [-0.15, -0.1) is 0 Å². The van der Waals surface area contributed by atoms with Crippen molar-refractivity contribution < 1.29 is 28.5 Å². The van der Waals surface area contributed by atoms with E-state index in [1.165, 1.54) is 38.7 Å². The van der Waals surface area contributed by atoms with Crippen molar-refractivity contribution in [3.05, 3.63) is 41.0 Å². The summed E-state index contributed by atoms with van der Waals surface area (Å²) in [4.78, 5) is 29.2. The minimum absolute atomic E-state index is 0.119. The van der Waals surface area contributed by atoms with E-state index in [9.17, 15) is 9.59 Å². The molecule has 158 valence electrons. The van der Waals surface area contributed by atoms with Crippen molar-refractivity contribution in [3.63, 3.8) is 0 Å². The Bertz CT molecular complexity index is 1110. The second-order valence-electron chi connectivity index (χ2n) is 6.45. The first-order valence-corrected chi connectivity index (χ1v) is 9.83. The molecule has 0 bridgehead atoms. The van der Waals surface area contributed by atoms with Gasteiger partial charge in [-0.05, 0) is 43.2 Å². The summed E-state index contributed by atoms with van der Waals surface area (Å²) in [5, 5.41) is 3.12. The van der Waals surface area contributed by atoms with E-state index in [2.05, 4.69) is 10.3 Å². The van der Waals surface area contributed by atoms with Crippen LogP contribution in [0.3, 0.4) is 0 Å². The Morgan fingerprint density at radius 2 is 1.77 bits per heavy atom. The van der Waals surface area contributed by atoms with Gasteiger partial charge in [-0.1, -0.05) is 17.4 Å². The lowest BCUT2D eigenvalue weighted by atomic mass is 10.1.